The van der Waals surface area contributed by atoms with E-state index < -0.39 is 11.6 Å². The fraction of sp³-hybridized carbons (Fsp3) is 0.143. The monoisotopic (exact) mass is 327 g/mol. The molecule has 0 saturated heterocycles. The van der Waals surface area contributed by atoms with Crippen molar-refractivity contribution in [1.29, 1.82) is 0 Å². The van der Waals surface area contributed by atoms with Crippen molar-refractivity contribution >= 4 is 21.6 Å². The maximum Gasteiger partial charge on any atom is 0.170 e. The first kappa shape index (κ1) is 13.8. The Hall–Kier alpha value is -1.62. The van der Waals surface area contributed by atoms with E-state index in [9.17, 15) is 8.78 Å². The zero-order valence-corrected chi connectivity index (χ0v) is 11.8. The van der Waals surface area contributed by atoms with Crippen LogP contribution in [0.25, 0.3) is 0 Å². The summed E-state index contributed by atoms with van der Waals surface area (Å²) < 4.78 is 33.0. The molecule has 0 amide bonds. The first-order valence-electron chi connectivity index (χ1n) is 5.62. The van der Waals surface area contributed by atoms with Gasteiger partial charge in [0, 0.05) is 16.6 Å². The molecule has 0 aliphatic rings. The minimum atomic E-state index is -0.435. The van der Waals surface area contributed by atoms with E-state index in [4.69, 9.17) is 4.74 Å². The van der Waals surface area contributed by atoms with Crippen LogP contribution in [-0.4, -0.2) is 7.11 Å². The summed E-state index contributed by atoms with van der Waals surface area (Å²) in [5.41, 5.74) is 0.743. The summed E-state index contributed by atoms with van der Waals surface area (Å²) in [6, 6.07) is 9.52. The van der Waals surface area contributed by atoms with Crippen molar-refractivity contribution in [3.63, 3.8) is 0 Å². The van der Waals surface area contributed by atoms with Crippen molar-refractivity contribution < 1.29 is 13.5 Å². The second-order valence-corrected chi connectivity index (χ2v) is 4.83. The Labute approximate surface area is 118 Å². The minimum absolute atomic E-state index is 0.176. The van der Waals surface area contributed by atoms with Crippen molar-refractivity contribution in [1.82, 2.24) is 0 Å². The topological polar surface area (TPSA) is 21.3 Å². The van der Waals surface area contributed by atoms with Crippen molar-refractivity contribution in [3.05, 3.63) is 58.1 Å². The third-order valence-electron chi connectivity index (χ3n) is 2.66. The third-order valence-corrected chi connectivity index (χ3v) is 3.16. The van der Waals surface area contributed by atoms with E-state index in [0.29, 0.717) is 15.7 Å². The van der Waals surface area contributed by atoms with Crippen LogP contribution in [0.4, 0.5) is 14.5 Å². The molecule has 2 aromatic carbocycles. The average molecular weight is 328 g/mol. The molecule has 0 radical (unpaired) electrons. The molecule has 0 spiro atoms. The normalized spacial score (nSPS) is 10.3. The van der Waals surface area contributed by atoms with Gasteiger partial charge in [-0.2, -0.15) is 0 Å². The lowest BCUT2D eigenvalue weighted by Gasteiger charge is -2.10. The van der Waals surface area contributed by atoms with Gasteiger partial charge in [-0.05, 0) is 24.3 Å². The zero-order chi connectivity index (χ0) is 13.8. The van der Waals surface area contributed by atoms with E-state index in [-0.39, 0.29) is 12.3 Å². The minimum Gasteiger partial charge on any atom is -0.494 e. The van der Waals surface area contributed by atoms with Crippen LogP contribution >= 0.6 is 15.9 Å². The highest BCUT2D eigenvalue weighted by atomic mass is 79.9. The molecule has 0 fully saturated rings. The summed E-state index contributed by atoms with van der Waals surface area (Å²) in [6.07, 6.45) is 0. The fourth-order valence-corrected chi connectivity index (χ4v) is 2.01. The highest BCUT2D eigenvalue weighted by Gasteiger charge is 2.09. The first-order valence-corrected chi connectivity index (χ1v) is 6.41. The number of ether oxygens (including phenoxy) is 1. The van der Waals surface area contributed by atoms with Crippen LogP contribution in [0.3, 0.4) is 0 Å². The Bertz CT molecular complexity index is 590. The zero-order valence-electron chi connectivity index (χ0n) is 10.2. The van der Waals surface area contributed by atoms with Gasteiger partial charge in [0.2, 0.25) is 0 Å². The Morgan fingerprint density at radius 1 is 1.21 bits per heavy atom. The second-order valence-electron chi connectivity index (χ2n) is 3.91. The van der Waals surface area contributed by atoms with Gasteiger partial charge in [-0.25, -0.2) is 8.78 Å². The van der Waals surface area contributed by atoms with Crippen molar-refractivity contribution in [2.75, 3.05) is 12.4 Å². The van der Waals surface area contributed by atoms with Gasteiger partial charge < -0.3 is 10.1 Å². The lowest BCUT2D eigenvalue weighted by molar-refractivity contribution is 0.384. The van der Waals surface area contributed by atoms with E-state index in [1.807, 2.05) is 0 Å². The molecule has 5 heteroatoms. The van der Waals surface area contributed by atoms with Gasteiger partial charge in [-0.1, -0.05) is 28.1 Å². The van der Waals surface area contributed by atoms with Crippen LogP contribution in [0.1, 0.15) is 5.56 Å². The number of benzene rings is 2. The van der Waals surface area contributed by atoms with E-state index in [0.717, 1.165) is 0 Å². The SMILES string of the molecule is COc1cccc(CNc2ccc(Br)cc2F)c1F. The highest BCUT2D eigenvalue weighted by molar-refractivity contribution is 9.10. The van der Waals surface area contributed by atoms with Gasteiger partial charge in [0.25, 0.3) is 0 Å². The first-order chi connectivity index (χ1) is 9.11. The predicted molar refractivity (Wildman–Crippen MR) is 74.4 cm³/mol. The number of halogens is 3. The maximum atomic E-state index is 13.9. The number of hydrogen-bond acceptors (Lipinski definition) is 2. The number of rotatable bonds is 4. The fourth-order valence-electron chi connectivity index (χ4n) is 1.67. The summed E-state index contributed by atoms with van der Waals surface area (Å²) in [7, 11) is 1.41. The molecular weight excluding hydrogens is 316 g/mol. The van der Waals surface area contributed by atoms with E-state index in [1.165, 1.54) is 13.2 Å². The molecule has 0 aromatic heterocycles. The molecule has 2 nitrogen and oxygen atoms in total. The Balaban J connectivity index is 2.14. The van der Waals surface area contributed by atoms with E-state index in [1.54, 1.807) is 30.3 Å². The van der Waals surface area contributed by atoms with Gasteiger partial charge in [-0.3, -0.25) is 0 Å². The Kier molecular flexibility index (Phi) is 4.37. The molecule has 1 N–H and O–H groups in total. The molecule has 0 unspecified atom stereocenters. The summed E-state index contributed by atoms with van der Waals surface area (Å²) in [4.78, 5) is 0. The quantitative estimate of drug-likeness (QED) is 0.901. The van der Waals surface area contributed by atoms with Crippen molar-refractivity contribution in [2.45, 2.75) is 6.54 Å². The van der Waals surface area contributed by atoms with Gasteiger partial charge in [0.15, 0.2) is 11.6 Å². The predicted octanol–water partition coefficient (Wildman–Crippen LogP) is 4.35. The lowest BCUT2D eigenvalue weighted by atomic mass is 10.2. The second kappa shape index (κ2) is 6.02. The molecule has 0 aliphatic heterocycles. The molecular formula is C14H12BrF2NO. The van der Waals surface area contributed by atoms with Gasteiger partial charge in [0.1, 0.15) is 5.82 Å². The van der Waals surface area contributed by atoms with Crippen molar-refractivity contribution in [2.24, 2.45) is 0 Å². The third kappa shape index (κ3) is 3.23. The standard InChI is InChI=1S/C14H12BrF2NO/c1-19-13-4-2-3-9(14(13)17)8-18-12-6-5-10(15)7-11(12)16/h2-7,18H,8H2,1H3. The van der Waals surface area contributed by atoms with E-state index >= 15 is 0 Å². The molecule has 0 bridgehead atoms. The average Bonchev–Trinajstić information content (AvgIpc) is 2.39. The van der Waals surface area contributed by atoms with Gasteiger partial charge >= 0.3 is 0 Å². The molecule has 2 aromatic rings. The summed E-state index contributed by atoms with van der Waals surface area (Å²) in [6.45, 7) is 0.182. The smallest absolute Gasteiger partial charge is 0.170 e. The molecule has 0 atom stereocenters. The molecule has 0 heterocycles. The summed E-state index contributed by atoms with van der Waals surface area (Å²) in [5, 5.41) is 2.86. The highest BCUT2D eigenvalue weighted by Crippen LogP contribution is 2.23. The lowest BCUT2D eigenvalue weighted by Crippen LogP contribution is -2.04. The Morgan fingerprint density at radius 3 is 2.68 bits per heavy atom. The maximum absolute atomic E-state index is 13.9. The summed E-state index contributed by atoms with van der Waals surface area (Å²) in [5.74, 6) is -0.650. The van der Waals surface area contributed by atoms with Crippen LogP contribution in [0.2, 0.25) is 0 Å². The van der Waals surface area contributed by atoms with Crippen LogP contribution in [-0.2, 0) is 6.54 Å². The molecule has 0 aliphatic carbocycles. The van der Waals surface area contributed by atoms with Gasteiger partial charge in [-0.15, -0.1) is 0 Å². The van der Waals surface area contributed by atoms with Crippen molar-refractivity contribution in [3.8, 4) is 5.75 Å². The number of methoxy groups -OCH3 is 1. The largest absolute Gasteiger partial charge is 0.494 e. The number of hydrogen-bond donors (Lipinski definition) is 1. The van der Waals surface area contributed by atoms with Crippen LogP contribution in [0.15, 0.2) is 40.9 Å². The van der Waals surface area contributed by atoms with Crippen LogP contribution in [0, 0.1) is 11.6 Å². The number of nitrogens with one attached hydrogen (secondary N) is 1. The van der Waals surface area contributed by atoms with Crippen LogP contribution in [0.5, 0.6) is 5.75 Å². The Morgan fingerprint density at radius 2 is 2.00 bits per heavy atom. The summed E-state index contributed by atoms with van der Waals surface area (Å²) >= 11 is 3.18. The van der Waals surface area contributed by atoms with Crippen LogP contribution < -0.4 is 10.1 Å². The van der Waals surface area contributed by atoms with Gasteiger partial charge in [0.05, 0.1) is 12.8 Å². The molecule has 100 valence electrons. The van der Waals surface area contributed by atoms with E-state index in [2.05, 4.69) is 21.2 Å². The molecule has 2 rings (SSSR count). The number of anilines is 1. The molecule has 19 heavy (non-hydrogen) atoms. The molecule has 0 saturated carbocycles.